The van der Waals surface area contributed by atoms with E-state index in [0.717, 1.165) is 25.7 Å². The molecule has 0 aromatic heterocycles. The smallest absolute Gasteiger partial charge is 0.412 e. The Balaban J connectivity index is 1.44. The quantitative estimate of drug-likeness (QED) is 0.106. The molecule has 0 bridgehead atoms. The lowest BCUT2D eigenvalue weighted by Gasteiger charge is -2.43. The molecule has 0 aromatic rings. The fraction of sp³-hybridized carbons (Fsp3) is 0.795. The fourth-order valence-corrected chi connectivity index (χ4v) is 7.82. The van der Waals surface area contributed by atoms with Crippen LogP contribution < -0.4 is 0 Å². The Hall–Kier alpha value is -2.28. The van der Waals surface area contributed by atoms with Gasteiger partial charge in [0.25, 0.3) is 0 Å². The van der Waals surface area contributed by atoms with Gasteiger partial charge >= 0.3 is 12.1 Å². The van der Waals surface area contributed by atoms with Gasteiger partial charge in [0, 0.05) is 38.0 Å². The second-order valence-corrected chi connectivity index (χ2v) is 15.9. The van der Waals surface area contributed by atoms with E-state index in [1.807, 2.05) is 13.8 Å². The topological polar surface area (TPSA) is 153 Å². The highest BCUT2D eigenvalue weighted by molar-refractivity contribution is 5.70. The van der Waals surface area contributed by atoms with Gasteiger partial charge < -0.3 is 34.6 Å². The Kier molecular flexibility index (Phi) is 14.6. The minimum absolute atomic E-state index is 0.0267. The molecule has 1 saturated carbocycles. The molecule has 4 rings (SSSR count). The van der Waals surface area contributed by atoms with E-state index < -0.39 is 53.7 Å². The molecule has 2 saturated heterocycles. The Labute approximate surface area is 299 Å². The van der Waals surface area contributed by atoms with Crippen LogP contribution in [0.4, 0.5) is 4.79 Å². The number of ether oxygens (including phenoxy) is 3. The average molecular weight is 705 g/mol. The van der Waals surface area contributed by atoms with Crippen LogP contribution in [0.3, 0.4) is 0 Å². The molecular formula is C39H64N2O9. The van der Waals surface area contributed by atoms with Crippen molar-refractivity contribution >= 4 is 12.1 Å². The van der Waals surface area contributed by atoms with Crippen molar-refractivity contribution in [2.45, 2.75) is 166 Å². The number of aliphatic hydroxyl groups is 4. The summed E-state index contributed by atoms with van der Waals surface area (Å²) in [7, 11) is 0. The molecule has 4 aliphatic rings. The van der Waals surface area contributed by atoms with E-state index in [1.54, 1.807) is 44.2 Å². The minimum Gasteiger partial charge on any atom is -0.457 e. The monoisotopic (exact) mass is 704 g/mol. The number of aliphatic hydroxyl groups excluding tert-OH is 2. The van der Waals surface area contributed by atoms with Gasteiger partial charge in [0.2, 0.25) is 0 Å². The molecule has 1 aliphatic carbocycles. The third kappa shape index (κ3) is 11.6. The molecule has 284 valence electrons. The number of epoxide rings is 1. The first-order valence-electron chi connectivity index (χ1n) is 19.0. The summed E-state index contributed by atoms with van der Waals surface area (Å²) in [5.74, 6) is -0.506. The molecule has 10 atom stereocenters. The Morgan fingerprint density at radius 1 is 1.18 bits per heavy atom. The number of nitrogens with zero attached hydrogens (tertiary/aromatic N) is 2. The van der Waals surface area contributed by atoms with Crippen LogP contribution in [0.5, 0.6) is 0 Å². The lowest BCUT2D eigenvalue weighted by molar-refractivity contribution is -0.151. The van der Waals surface area contributed by atoms with Crippen molar-refractivity contribution in [1.29, 1.82) is 0 Å². The van der Waals surface area contributed by atoms with Crippen molar-refractivity contribution in [2.24, 2.45) is 11.8 Å². The highest BCUT2D eigenvalue weighted by Gasteiger charge is 2.45. The van der Waals surface area contributed by atoms with Crippen LogP contribution >= 0.6 is 0 Å². The van der Waals surface area contributed by atoms with E-state index in [2.05, 4.69) is 18.7 Å². The third-order valence-electron chi connectivity index (χ3n) is 11.1. The van der Waals surface area contributed by atoms with Crippen LogP contribution in [0.2, 0.25) is 0 Å². The summed E-state index contributed by atoms with van der Waals surface area (Å²) in [5, 5.41) is 44.2. The molecular weight excluding hydrogens is 640 g/mol. The summed E-state index contributed by atoms with van der Waals surface area (Å²) in [6.07, 6.45) is 12.6. The van der Waals surface area contributed by atoms with Gasteiger partial charge in [-0.3, -0.25) is 14.6 Å². The molecule has 3 aliphatic heterocycles. The predicted molar refractivity (Wildman–Crippen MR) is 191 cm³/mol. The second-order valence-electron chi connectivity index (χ2n) is 15.9. The van der Waals surface area contributed by atoms with Gasteiger partial charge in [0.15, 0.2) is 6.10 Å². The summed E-state index contributed by atoms with van der Waals surface area (Å²) in [4.78, 5) is 29.9. The maximum atomic E-state index is 13.5. The normalized spacial score (nSPS) is 36.5. The van der Waals surface area contributed by atoms with Gasteiger partial charge in [-0.25, -0.2) is 4.79 Å². The van der Waals surface area contributed by atoms with Crippen molar-refractivity contribution in [3.63, 3.8) is 0 Å². The first-order chi connectivity index (χ1) is 23.6. The number of esters is 1. The fourth-order valence-electron chi connectivity index (χ4n) is 7.82. The van der Waals surface area contributed by atoms with Gasteiger partial charge in [-0.05, 0) is 70.4 Å². The molecule has 0 aromatic carbocycles. The zero-order valence-corrected chi connectivity index (χ0v) is 31.2. The Morgan fingerprint density at radius 2 is 1.90 bits per heavy atom. The number of amides is 1. The molecule has 1 amide bonds. The number of rotatable bonds is 10. The minimum atomic E-state index is -1.56. The van der Waals surface area contributed by atoms with Crippen molar-refractivity contribution in [3.05, 3.63) is 36.0 Å². The van der Waals surface area contributed by atoms with E-state index in [1.165, 1.54) is 24.2 Å². The van der Waals surface area contributed by atoms with E-state index >= 15 is 0 Å². The van der Waals surface area contributed by atoms with E-state index in [0.29, 0.717) is 43.6 Å². The maximum absolute atomic E-state index is 13.5. The van der Waals surface area contributed by atoms with E-state index in [4.69, 9.17) is 14.2 Å². The molecule has 4 N–H and O–H groups in total. The van der Waals surface area contributed by atoms with Gasteiger partial charge in [0.05, 0.1) is 30.3 Å². The number of carbonyl (C=O) groups is 2. The summed E-state index contributed by atoms with van der Waals surface area (Å²) < 4.78 is 17.6. The molecule has 3 fully saturated rings. The van der Waals surface area contributed by atoms with E-state index in [-0.39, 0.29) is 31.5 Å². The van der Waals surface area contributed by atoms with Crippen molar-refractivity contribution in [2.75, 3.05) is 19.6 Å². The van der Waals surface area contributed by atoms with Gasteiger partial charge in [-0.2, -0.15) is 0 Å². The number of carbonyl (C=O) groups excluding carboxylic acids is 2. The van der Waals surface area contributed by atoms with Crippen LogP contribution in [-0.4, -0.2) is 116 Å². The van der Waals surface area contributed by atoms with Crippen LogP contribution in [-0.2, 0) is 19.0 Å². The molecule has 3 heterocycles. The van der Waals surface area contributed by atoms with Crippen LogP contribution in [0.1, 0.15) is 112 Å². The predicted octanol–water partition coefficient (Wildman–Crippen LogP) is 5.01. The zero-order chi connectivity index (χ0) is 36.6. The number of allylic oxidation sites excluding steroid dienone is 2. The summed E-state index contributed by atoms with van der Waals surface area (Å²) in [6.45, 7) is 12.6. The summed E-state index contributed by atoms with van der Waals surface area (Å²) in [6, 6.07) is 0.423. The first kappa shape index (κ1) is 40.5. The third-order valence-corrected chi connectivity index (χ3v) is 11.1. The van der Waals surface area contributed by atoms with Crippen molar-refractivity contribution in [1.82, 2.24) is 9.80 Å². The highest BCUT2D eigenvalue weighted by atomic mass is 16.6. The Morgan fingerprint density at radius 3 is 2.58 bits per heavy atom. The number of β-amino-alcohol motifs (C(OH)–C–C–N with tert-alkyl or cyclic N) is 1. The van der Waals surface area contributed by atoms with Gasteiger partial charge in [-0.15, -0.1) is 0 Å². The largest absolute Gasteiger partial charge is 0.457 e. The molecule has 0 spiro atoms. The number of piperazine rings is 1. The van der Waals surface area contributed by atoms with Crippen LogP contribution in [0, 0.1) is 11.8 Å². The molecule has 0 radical (unpaired) electrons. The van der Waals surface area contributed by atoms with Gasteiger partial charge in [-0.1, -0.05) is 70.8 Å². The number of hydrogen-bond donors (Lipinski definition) is 4. The molecule has 10 unspecified atom stereocenters. The lowest BCUT2D eigenvalue weighted by atomic mass is 9.88. The van der Waals surface area contributed by atoms with Gasteiger partial charge in [0.1, 0.15) is 17.9 Å². The van der Waals surface area contributed by atoms with Crippen LogP contribution in [0.15, 0.2) is 36.0 Å². The second kappa shape index (κ2) is 18.0. The standard InChI is InChI=1S/C39H64N2O9/c1-7-12-26(2)36-31(48-36)24-38(5,46)19-11-13-27(3)35-28(4)16-17-32(39(6,47)20-18-30(42)23-34(44)50-35)49-37(45)41-22-21-40(25-33(41)43)29-14-9-8-10-15-29/h11,13,16-17,19,26,28-33,35-36,42-43,46-47H,7-10,12,14-15,18,20-25H2,1-6H3/b17-16+,19-11+,27-13+. The van der Waals surface area contributed by atoms with Crippen molar-refractivity contribution in [3.8, 4) is 0 Å². The molecule has 50 heavy (non-hydrogen) atoms. The first-order valence-corrected chi connectivity index (χ1v) is 19.0. The Bertz CT molecular complexity index is 1210. The molecule has 11 nitrogen and oxygen atoms in total. The van der Waals surface area contributed by atoms with Crippen LogP contribution in [0.25, 0.3) is 0 Å². The summed E-state index contributed by atoms with van der Waals surface area (Å²) >= 11 is 0. The lowest BCUT2D eigenvalue weighted by Crippen LogP contribution is -2.58. The summed E-state index contributed by atoms with van der Waals surface area (Å²) in [5.41, 5.74) is -1.93. The number of hydrogen-bond acceptors (Lipinski definition) is 10. The zero-order valence-electron chi connectivity index (χ0n) is 31.2. The number of cyclic esters (lactones) is 1. The maximum Gasteiger partial charge on any atom is 0.412 e. The van der Waals surface area contributed by atoms with E-state index in [9.17, 15) is 30.0 Å². The SMILES string of the molecule is CCCC(C)C1OC1CC(C)(O)/C=C/C=C(\C)C1OC(=O)CC(O)CCC(C)(O)C(OC(=O)N2CCN(C3CCCCC3)CC2O)/C=C/C1C. The average Bonchev–Trinajstić information content (AvgIpc) is 3.82. The highest BCUT2D eigenvalue weighted by Crippen LogP contribution is 2.37. The van der Waals surface area contributed by atoms with Crippen molar-refractivity contribution < 1.29 is 44.2 Å². The molecule has 11 heteroatoms.